The van der Waals surface area contributed by atoms with Gasteiger partial charge in [-0.05, 0) is 25.8 Å². The molecule has 100 valence electrons. The second-order valence-corrected chi connectivity index (χ2v) is 4.68. The van der Waals surface area contributed by atoms with Gasteiger partial charge in [-0.3, -0.25) is 4.79 Å². The maximum absolute atomic E-state index is 12.1. The van der Waals surface area contributed by atoms with Crippen molar-refractivity contribution in [1.82, 2.24) is 10.6 Å². The van der Waals surface area contributed by atoms with Gasteiger partial charge in [-0.1, -0.05) is 13.3 Å². The number of aliphatic hydroxyl groups is 1. The maximum Gasteiger partial charge on any atom is 0.240 e. The predicted octanol–water partition coefficient (Wildman–Crippen LogP) is 0.0322. The molecule has 1 fully saturated rings. The monoisotopic (exact) mass is 244 g/mol. The van der Waals surface area contributed by atoms with Gasteiger partial charge in [0.2, 0.25) is 5.91 Å². The predicted molar refractivity (Wildman–Crippen MR) is 65.8 cm³/mol. The lowest BCUT2D eigenvalue weighted by atomic mass is 9.91. The van der Waals surface area contributed by atoms with Crippen LogP contribution in [0.25, 0.3) is 0 Å². The molecular formula is C12H24N2O3. The largest absolute Gasteiger partial charge is 0.389 e. The fraction of sp³-hybridized carbons (Fsp3) is 0.917. The minimum Gasteiger partial charge on any atom is -0.389 e. The van der Waals surface area contributed by atoms with E-state index in [2.05, 4.69) is 17.6 Å². The van der Waals surface area contributed by atoms with E-state index in [-0.39, 0.29) is 19.1 Å². The van der Waals surface area contributed by atoms with Crippen LogP contribution >= 0.6 is 0 Å². The summed E-state index contributed by atoms with van der Waals surface area (Å²) >= 11 is 0. The Hall–Kier alpha value is -0.650. The summed E-state index contributed by atoms with van der Waals surface area (Å²) in [6.07, 6.45) is 3.10. The SMILES string of the molecule is CCCC1(C(=O)NCC(O)COC)CCCN1. The van der Waals surface area contributed by atoms with Gasteiger partial charge in [0.05, 0.1) is 18.2 Å². The highest BCUT2D eigenvalue weighted by Crippen LogP contribution is 2.24. The molecular weight excluding hydrogens is 220 g/mol. The van der Waals surface area contributed by atoms with Crippen LogP contribution in [0.4, 0.5) is 0 Å². The molecule has 5 nitrogen and oxygen atoms in total. The molecule has 1 amide bonds. The van der Waals surface area contributed by atoms with Gasteiger partial charge in [0.15, 0.2) is 0 Å². The fourth-order valence-electron chi connectivity index (χ4n) is 2.38. The molecule has 1 aliphatic rings. The third-order valence-corrected chi connectivity index (χ3v) is 3.21. The smallest absolute Gasteiger partial charge is 0.240 e. The van der Waals surface area contributed by atoms with Gasteiger partial charge in [-0.15, -0.1) is 0 Å². The quantitative estimate of drug-likeness (QED) is 0.591. The Morgan fingerprint density at radius 2 is 2.41 bits per heavy atom. The van der Waals surface area contributed by atoms with E-state index in [9.17, 15) is 9.90 Å². The molecule has 17 heavy (non-hydrogen) atoms. The Kier molecular flexibility index (Phi) is 5.88. The molecule has 0 spiro atoms. The van der Waals surface area contributed by atoms with Crippen LogP contribution in [-0.4, -0.2) is 49.5 Å². The summed E-state index contributed by atoms with van der Waals surface area (Å²) in [5, 5.41) is 15.6. The number of methoxy groups -OCH3 is 1. The Balaban J connectivity index is 2.43. The first-order chi connectivity index (χ1) is 8.14. The Bertz CT molecular complexity index is 240. The van der Waals surface area contributed by atoms with E-state index in [1.165, 1.54) is 7.11 Å². The van der Waals surface area contributed by atoms with E-state index < -0.39 is 11.6 Å². The summed E-state index contributed by atoms with van der Waals surface area (Å²) in [4.78, 5) is 12.1. The van der Waals surface area contributed by atoms with Crippen molar-refractivity contribution in [2.45, 2.75) is 44.2 Å². The molecule has 0 aliphatic carbocycles. The highest BCUT2D eigenvalue weighted by molar-refractivity contribution is 5.86. The van der Waals surface area contributed by atoms with Crippen molar-refractivity contribution in [3.8, 4) is 0 Å². The highest BCUT2D eigenvalue weighted by Gasteiger charge is 2.39. The molecule has 0 radical (unpaired) electrons. The van der Waals surface area contributed by atoms with Crippen molar-refractivity contribution < 1.29 is 14.6 Å². The van der Waals surface area contributed by atoms with Crippen LogP contribution in [0, 0.1) is 0 Å². The van der Waals surface area contributed by atoms with Gasteiger partial charge in [-0.2, -0.15) is 0 Å². The minimum absolute atomic E-state index is 0.00648. The summed E-state index contributed by atoms with van der Waals surface area (Å²) in [6, 6.07) is 0. The molecule has 0 aromatic carbocycles. The van der Waals surface area contributed by atoms with Crippen LogP contribution < -0.4 is 10.6 Å². The molecule has 1 aliphatic heterocycles. The third-order valence-electron chi connectivity index (χ3n) is 3.21. The van der Waals surface area contributed by atoms with Gasteiger partial charge >= 0.3 is 0 Å². The third kappa shape index (κ3) is 3.94. The standard InChI is InChI=1S/C12H24N2O3/c1-3-5-12(6-4-7-14-12)11(16)13-8-10(15)9-17-2/h10,14-15H,3-9H2,1-2H3,(H,13,16). The lowest BCUT2D eigenvalue weighted by molar-refractivity contribution is -0.128. The van der Waals surface area contributed by atoms with E-state index in [1.807, 2.05) is 0 Å². The van der Waals surface area contributed by atoms with E-state index >= 15 is 0 Å². The number of aliphatic hydroxyl groups excluding tert-OH is 1. The number of rotatable bonds is 7. The molecule has 0 bridgehead atoms. The van der Waals surface area contributed by atoms with E-state index in [0.717, 1.165) is 32.2 Å². The second kappa shape index (κ2) is 6.93. The first-order valence-electron chi connectivity index (χ1n) is 6.35. The molecule has 1 rings (SSSR count). The normalized spacial score (nSPS) is 25.8. The number of ether oxygens (including phenoxy) is 1. The number of carbonyl (C=O) groups is 1. The minimum atomic E-state index is -0.635. The zero-order valence-electron chi connectivity index (χ0n) is 10.8. The molecule has 3 N–H and O–H groups in total. The van der Waals surface area contributed by atoms with Crippen LogP contribution in [0.2, 0.25) is 0 Å². The van der Waals surface area contributed by atoms with Crippen molar-refractivity contribution in [2.24, 2.45) is 0 Å². The van der Waals surface area contributed by atoms with Crippen molar-refractivity contribution in [3.63, 3.8) is 0 Å². The number of carbonyl (C=O) groups excluding carboxylic acids is 1. The highest BCUT2D eigenvalue weighted by atomic mass is 16.5. The van der Waals surface area contributed by atoms with Crippen molar-refractivity contribution in [2.75, 3.05) is 26.8 Å². The average Bonchev–Trinajstić information content (AvgIpc) is 2.77. The van der Waals surface area contributed by atoms with Crippen LogP contribution in [-0.2, 0) is 9.53 Å². The van der Waals surface area contributed by atoms with Crippen LogP contribution in [0.3, 0.4) is 0 Å². The zero-order chi connectivity index (χ0) is 12.7. The van der Waals surface area contributed by atoms with Crippen molar-refractivity contribution in [1.29, 1.82) is 0 Å². The lowest BCUT2D eigenvalue weighted by Gasteiger charge is -2.28. The van der Waals surface area contributed by atoms with Gasteiger partial charge in [0.25, 0.3) is 0 Å². The molecule has 0 saturated carbocycles. The van der Waals surface area contributed by atoms with Gasteiger partial charge in [0.1, 0.15) is 0 Å². The first-order valence-corrected chi connectivity index (χ1v) is 6.35. The summed E-state index contributed by atoms with van der Waals surface area (Å²) in [5.74, 6) is 0.00648. The summed E-state index contributed by atoms with van der Waals surface area (Å²) in [5.41, 5.74) is -0.415. The molecule has 2 atom stereocenters. The Morgan fingerprint density at radius 3 is 2.94 bits per heavy atom. The number of nitrogens with one attached hydrogen (secondary N) is 2. The second-order valence-electron chi connectivity index (χ2n) is 4.68. The lowest BCUT2D eigenvalue weighted by Crippen LogP contribution is -2.54. The molecule has 2 unspecified atom stereocenters. The molecule has 0 aromatic rings. The molecule has 0 aromatic heterocycles. The van der Waals surface area contributed by atoms with E-state index in [1.54, 1.807) is 0 Å². The Labute approximate surface area is 103 Å². The van der Waals surface area contributed by atoms with E-state index in [4.69, 9.17) is 4.74 Å². The topological polar surface area (TPSA) is 70.6 Å². The number of hydrogen-bond donors (Lipinski definition) is 3. The van der Waals surface area contributed by atoms with Gasteiger partial charge in [0, 0.05) is 13.7 Å². The number of amides is 1. The van der Waals surface area contributed by atoms with Crippen molar-refractivity contribution in [3.05, 3.63) is 0 Å². The van der Waals surface area contributed by atoms with E-state index in [0.29, 0.717) is 0 Å². The summed E-state index contributed by atoms with van der Waals surface area (Å²) in [6.45, 7) is 3.47. The van der Waals surface area contributed by atoms with Gasteiger partial charge in [-0.25, -0.2) is 0 Å². The Morgan fingerprint density at radius 1 is 1.65 bits per heavy atom. The van der Waals surface area contributed by atoms with Crippen LogP contribution in [0.15, 0.2) is 0 Å². The average molecular weight is 244 g/mol. The number of hydrogen-bond acceptors (Lipinski definition) is 4. The first kappa shape index (κ1) is 14.4. The molecule has 1 heterocycles. The summed E-state index contributed by atoms with van der Waals surface area (Å²) in [7, 11) is 1.53. The van der Waals surface area contributed by atoms with Gasteiger partial charge < -0.3 is 20.5 Å². The molecule has 5 heteroatoms. The van der Waals surface area contributed by atoms with Crippen molar-refractivity contribution >= 4 is 5.91 Å². The fourth-order valence-corrected chi connectivity index (χ4v) is 2.38. The maximum atomic E-state index is 12.1. The molecule has 1 saturated heterocycles. The zero-order valence-corrected chi connectivity index (χ0v) is 10.8. The van der Waals surface area contributed by atoms with Crippen LogP contribution in [0.1, 0.15) is 32.6 Å². The van der Waals surface area contributed by atoms with Crippen LogP contribution in [0.5, 0.6) is 0 Å². The summed E-state index contributed by atoms with van der Waals surface area (Å²) < 4.78 is 4.82.